The Kier molecular flexibility index (Phi) is 4.40. The van der Waals surface area contributed by atoms with Gasteiger partial charge in [-0.1, -0.05) is 12.1 Å². The van der Waals surface area contributed by atoms with Gasteiger partial charge >= 0.3 is 6.03 Å². The molecule has 1 aliphatic heterocycles. The van der Waals surface area contributed by atoms with Crippen molar-refractivity contribution in [3.8, 4) is 5.69 Å². The highest BCUT2D eigenvalue weighted by atomic mass is 19.1. The van der Waals surface area contributed by atoms with Gasteiger partial charge in [0.1, 0.15) is 11.5 Å². The van der Waals surface area contributed by atoms with Crippen LogP contribution in [-0.4, -0.2) is 34.6 Å². The molecule has 132 valence electrons. The molecule has 2 N–H and O–H groups in total. The number of carbonyl (C=O) groups excluding carboxylic acids is 1. The Morgan fingerprint density at radius 3 is 3.04 bits per heavy atom. The van der Waals surface area contributed by atoms with Gasteiger partial charge in [-0.3, -0.25) is 0 Å². The molecule has 6 nitrogen and oxygen atoms in total. The molecule has 1 saturated carbocycles. The summed E-state index contributed by atoms with van der Waals surface area (Å²) in [6.45, 7) is 0.782. The number of urea groups is 1. The first-order valence-electron chi connectivity index (χ1n) is 8.69. The monoisotopic (exact) mass is 344 g/mol. The number of hydrogen-bond donors (Lipinski definition) is 2. The molecule has 2 heterocycles. The highest BCUT2D eigenvalue weighted by molar-refractivity contribution is 5.89. The molecule has 4 rings (SSSR count). The second kappa shape index (κ2) is 6.84. The first-order chi connectivity index (χ1) is 12.2. The Morgan fingerprint density at radius 1 is 1.28 bits per heavy atom. The van der Waals surface area contributed by atoms with Gasteiger partial charge in [0.25, 0.3) is 0 Å². The lowest BCUT2D eigenvalue weighted by atomic mass is 9.82. The van der Waals surface area contributed by atoms with Gasteiger partial charge in [0, 0.05) is 18.6 Å². The van der Waals surface area contributed by atoms with Crippen LogP contribution in [0.1, 0.15) is 25.7 Å². The van der Waals surface area contributed by atoms with Gasteiger partial charge < -0.3 is 15.4 Å². The number of anilines is 1. The van der Waals surface area contributed by atoms with Crippen molar-refractivity contribution in [2.75, 3.05) is 11.9 Å². The number of benzene rings is 1. The maximum Gasteiger partial charge on any atom is 0.319 e. The van der Waals surface area contributed by atoms with E-state index in [2.05, 4.69) is 15.7 Å². The zero-order chi connectivity index (χ0) is 17.2. The number of carbonyl (C=O) groups is 1. The molecule has 3 atom stereocenters. The smallest absolute Gasteiger partial charge is 0.319 e. The first kappa shape index (κ1) is 16.1. The van der Waals surface area contributed by atoms with Crippen LogP contribution in [0.15, 0.2) is 36.7 Å². The van der Waals surface area contributed by atoms with Crippen molar-refractivity contribution in [3.63, 3.8) is 0 Å². The number of nitrogens with one attached hydrogen (secondary N) is 2. The number of hydrogen-bond acceptors (Lipinski definition) is 3. The number of aromatic nitrogens is 2. The number of fused-ring (bicyclic) bond motifs is 1. The molecule has 2 aromatic rings. The highest BCUT2D eigenvalue weighted by Gasteiger charge is 2.38. The predicted molar refractivity (Wildman–Crippen MR) is 91.2 cm³/mol. The number of ether oxygens (including phenoxy) is 1. The van der Waals surface area contributed by atoms with E-state index < -0.39 is 0 Å². The van der Waals surface area contributed by atoms with Crippen LogP contribution in [0, 0.1) is 11.7 Å². The second-order valence-corrected chi connectivity index (χ2v) is 6.62. The van der Waals surface area contributed by atoms with Crippen molar-refractivity contribution in [3.05, 3.63) is 42.5 Å². The maximum absolute atomic E-state index is 13.8. The summed E-state index contributed by atoms with van der Waals surface area (Å²) in [6.07, 6.45) is 7.52. The third-order valence-corrected chi connectivity index (χ3v) is 5.04. The van der Waals surface area contributed by atoms with Crippen LogP contribution in [0.5, 0.6) is 0 Å². The molecule has 25 heavy (non-hydrogen) atoms. The number of rotatable bonds is 3. The van der Waals surface area contributed by atoms with Gasteiger partial charge in [-0.2, -0.15) is 5.10 Å². The molecule has 2 fully saturated rings. The van der Waals surface area contributed by atoms with Crippen molar-refractivity contribution in [2.45, 2.75) is 37.8 Å². The highest BCUT2D eigenvalue weighted by Crippen LogP contribution is 2.34. The molecule has 1 saturated heterocycles. The van der Waals surface area contributed by atoms with Crippen LogP contribution < -0.4 is 10.6 Å². The molecule has 2 aliphatic rings. The van der Waals surface area contributed by atoms with Crippen LogP contribution in [0.4, 0.5) is 14.9 Å². The Bertz CT molecular complexity index is 763. The Balaban J connectivity index is 1.39. The van der Waals surface area contributed by atoms with Crippen molar-refractivity contribution in [1.29, 1.82) is 0 Å². The summed E-state index contributed by atoms with van der Waals surface area (Å²) >= 11 is 0. The number of amides is 2. The Hall–Kier alpha value is -2.41. The van der Waals surface area contributed by atoms with Crippen LogP contribution >= 0.6 is 0 Å². The van der Waals surface area contributed by atoms with E-state index in [0.29, 0.717) is 17.3 Å². The van der Waals surface area contributed by atoms with Crippen molar-refractivity contribution in [2.24, 2.45) is 5.92 Å². The fourth-order valence-electron chi connectivity index (χ4n) is 3.85. The van der Waals surface area contributed by atoms with E-state index in [0.717, 1.165) is 32.3 Å². The summed E-state index contributed by atoms with van der Waals surface area (Å²) in [7, 11) is 0. The second-order valence-electron chi connectivity index (χ2n) is 6.62. The molecule has 0 spiro atoms. The molecule has 0 bridgehead atoms. The third-order valence-electron chi connectivity index (χ3n) is 5.04. The average molecular weight is 344 g/mol. The predicted octanol–water partition coefficient (Wildman–Crippen LogP) is 3.09. The lowest BCUT2D eigenvalue weighted by Gasteiger charge is -2.33. The average Bonchev–Trinajstić information content (AvgIpc) is 3.25. The summed E-state index contributed by atoms with van der Waals surface area (Å²) in [5, 5.41) is 9.95. The Labute approximate surface area is 145 Å². The maximum atomic E-state index is 13.8. The molecule has 3 unspecified atom stereocenters. The van der Waals surface area contributed by atoms with Gasteiger partial charge in [-0.05, 0) is 37.8 Å². The van der Waals surface area contributed by atoms with Gasteiger partial charge in [0.05, 0.1) is 24.2 Å². The zero-order valence-corrected chi connectivity index (χ0v) is 13.8. The van der Waals surface area contributed by atoms with Gasteiger partial charge in [-0.25, -0.2) is 13.9 Å². The molecule has 1 aromatic carbocycles. The Morgan fingerprint density at radius 2 is 2.16 bits per heavy atom. The summed E-state index contributed by atoms with van der Waals surface area (Å²) in [6, 6.07) is 6.25. The molecule has 7 heteroatoms. The van der Waals surface area contributed by atoms with E-state index in [1.807, 2.05) is 0 Å². The lowest BCUT2D eigenvalue weighted by Crippen LogP contribution is -2.47. The molecule has 2 amide bonds. The zero-order valence-electron chi connectivity index (χ0n) is 13.8. The fraction of sp³-hybridized carbons (Fsp3) is 0.444. The van der Waals surface area contributed by atoms with Crippen LogP contribution in [0.3, 0.4) is 0 Å². The summed E-state index contributed by atoms with van der Waals surface area (Å²) in [4.78, 5) is 12.3. The SMILES string of the molecule is O=C(Nc1cnn(-c2ccccc2F)c1)NC1CCCC2OCCC12. The van der Waals surface area contributed by atoms with Crippen LogP contribution in [-0.2, 0) is 4.74 Å². The van der Waals surface area contributed by atoms with E-state index in [9.17, 15) is 9.18 Å². The van der Waals surface area contributed by atoms with Crippen molar-refractivity contribution < 1.29 is 13.9 Å². The van der Waals surface area contributed by atoms with Crippen LogP contribution in [0.25, 0.3) is 5.69 Å². The summed E-state index contributed by atoms with van der Waals surface area (Å²) < 4.78 is 20.9. The van der Waals surface area contributed by atoms with E-state index in [1.54, 1.807) is 24.4 Å². The van der Waals surface area contributed by atoms with Gasteiger partial charge in [0.15, 0.2) is 0 Å². The third kappa shape index (κ3) is 3.37. The lowest BCUT2D eigenvalue weighted by molar-refractivity contribution is 0.0553. The summed E-state index contributed by atoms with van der Waals surface area (Å²) in [5.74, 6) is 0.0386. The fourth-order valence-corrected chi connectivity index (χ4v) is 3.85. The molecule has 0 radical (unpaired) electrons. The van der Waals surface area contributed by atoms with Gasteiger partial charge in [0.2, 0.25) is 0 Å². The van der Waals surface area contributed by atoms with E-state index >= 15 is 0 Å². The number of para-hydroxylation sites is 1. The molecule has 1 aliphatic carbocycles. The minimum absolute atomic E-state index is 0.142. The quantitative estimate of drug-likeness (QED) is 0.899. The number of nitrogens with zero attached hydrogens (tertiary/aromatic N) is 2. The largest absolute Gasteiger partial charge is 0.378 e. The van der Waals surface area contributed by atoms with Crippen molar-refractivity contribution in [1.82, 2.24) is 15.1 Å². The summed E-state index contributed by atoms with van der Waals surface area (Å²) in [5.41, 5.74) is 0.866. The topological polar surface area (TPSA) is 68.2 Å². The van der Waals surface area contributed by atoms with Crippen molar-refractivity contribution >= 4 is 11.7 Å². The molecular weight excluding hydrogens is 323 g/mol. The van der Waals surface area contributed by atoms with E-state index in [4.69, 9.17) is 4.74 Å². The van der Waals surface area contributed by atoms with E-state index in [-0.39, 0.29) is 24.0 Å². The molecule has 1 aromatic heterocycles. The first-order valence-corrected chi connectivity index (χ1v) is 8.69. The minimum Gasteiger partial charge on any atom is -0.378 e. The normalized spacial score (nSPS) is 25.4. The standard InChI is InChI=1S/C18H21FN4O2/c19-14-4-1-2-6-16(14)23-11-12(10-20-23)21-18(24)22-15-5-3-7-17-13(15)8-9-25-17/h1-2,4,6,10-11,13,15,17H,3,5,7-9H2,(H2,21,22,24). The molecular formula is C18H21FN4O2. The van der Waals surface area contributed by atoms with E-state index in [1.165, 1.54) is 16.9 Å². The van der Waals surface area contributed by atoms with Gasteiger partial charge in [-0.15, -0.1) is 0 Å². The minimum atomic E-state index is -0.365. The number of halogens is 1. The van der Waals surface area contributed by atoms with Crippen LogP contribution in [0.2, 0.25) is 0 Å².